The smallest absolute Gasteiger partial charge is 0.0123 e. The number of hydrogen-bond donors (Lipinski definition) is 0. The Kier molecular flexibility index (Phi) is 7.80. The highest BCUT2D eigenvalue weighted by Crippen LogP contribution is 2.57. The molecule has 0 aromatic heterocycles. The second-order valence-corrected chi connectivity index (χ2v) is 12.3. The predicted molar refractivity (Wildman–Crippen MR) is 165 cm³/mol. The van der Waals surface area contributed by atoms with Crippen LogP contribution in [-0.2, 0) is 0 Å². The van der Waals surface area contributed by atoms with E-state index in [1.54, 1.807) is 5.57 Å². The third kappa shape index (κ3) is 4.84. The third-order valence-corrected chi connectivity index (χ3v) is 9.38. The summed E-state index contributed by atoms with van der Waals surface area (Å²) in [5.41, 5.74) is 12.9. The maximum Gasteiger partial charge on any atom is 0.0123 e. The van der Waals surface area contributed by atoms with E-state index in [1.807, 2.05) is 0 Å². The van der Waals surface area contributed by atoms with Gasteiger partial charge in [-0.3, -0.25) is 0 Å². The first kappa shape index (κ1) is 26.7. The van der Waals surface area contributed by atoms with E-state index in [0.29, 0.717) is 35.5 Å². The second kappa shape index (κ2) is 11.1. The minimum absolute atomic E-state index is 0.365. The van der Waals surface area contributed by atoms with Gasteiger partial charge >= 0.3 is 0 Å². The molecule has 0 saturated heterocycles. The van der Waals surface area contributed by atoms with Gasteiger partial charge in [-0.25, -0.2) is 0 Å². The van der Waals surface area contributed by atoms with E-state index in [-0.39, 0.29) is 0 Å². The molecule has 0 bridgehead atoms. The Balaban J connectivity index is 1.55. The standard InChI is InChI=1S/C38H46/c1-8-12-25(5)36-26(6)20-33-23-31(22-32-21-30(13-9-2)34-14-10-11-15-35(32)34)27(7)37(33)38(36)29-18-16-28(17-19-29)24(3)4/h10-11,14-22,24,26,30,36-38H,5,7-9,12-13,23H2,1-4,6H3. The summed E-state index contributed by atoms with van der Waals surface area (Å²) < 4.78 is 0. The van der Waals surface area contributed by atoms with Crippen LogP contribution in [0.15, 0.2) is 102 Å². The van der Waals surface area contributed by atoms with Crippen molar-refractivity contribution in [1.82, 2.24) is 0 Å². The molecular weight excluding hydrogens is 456 g/mol. The fraction of sp³-hybridized carbons (Fsp3) is 0.421. The molecule has 0 heterocycles. The number of allylic oxidation sites excluding steroid dienone is 8. The number of rotatable bonds is 8. The molecule has 2 aromatic rings. The van der Waals surface area contributed by atoms with Crippen LogP contribution in [0.1, 0.15) is 107 Å². The minimum atomic E-state index is 0.365. The van der Waals surface area contributed by atoms with Crippen molar-refractivity contribution in [2.24, 2.45) is 17.8 Å². The van der Waals surface area contributed by atoms with Crippen molar-refractivity contribution in [3.63, 3.8) is 0 Å². The van der Waals surface area contributed by atoms with Crippen molar-refractivity contribution in [2.45, 2.75) is 84.5 Å². The first-order valence-electron chi connectivity index (χ1n) is 15.0. The maximum absolute atomic E-state index is 4.79. The number of fused-ring (bicyclic) bond motifs is 2. The van der Waals surface area contributed by atoms with Gasteiger partial charge in [-0.1, -0.05) is 139 Å². The summed E-state index contributed by atoms with van der Waals surface area (Å²) in [5, 5.41) is 0. The lowest BCUT2D eigenvalue weighted by Crippen LogP contribution is -2.31. The van der Waals surface area contributed by atoms with Crippen LogP contribution in [-0.4, -0.2) is 0 Å². The van der Waals surface area contributed by atoms with E-state index in [0.717, 1.165) is 19.3 Å². The second-order valence-electron chi connectivity index (χ2n) is 12.3. The Bertz CT molecular complexity index is 1290. The molecule has 5 unspecified atom stereocenters. The first-order valence-corrected chi connectivity index (χ1v) is 15.0. The fourth-order valence-electron chi connectivity index (χ4n) is 7.56. The summed E-state index contributed by atoms with van der Waals surface area (Å²) in [5.74, 6) is 2.79. The summed E-state index contributed by atoms with van der Waals surface area (Å²) in [4.78, 5) is 0. The molecule has 3 aliphatic carbocycles. The quantitative estimate of drug-likeness (QED) is 0.315. The van der Waals surface area contributed by atoms with Gasteiger partial charge in [0.2, 0.25) is 0 Å². The molecule has 1 fully saturated rings. The Morgan fingerprint density at radius 1 is 1.00 bits per heavy atom. The molecule has 5 rings (SSSR count). The van der Waals surface area contributed by atoms with Gasteiger partial charge < -0.3 is 0 Å². The summed E-state index contributed by atoms with van der Waals surface area (Å²) in [6.07, 6.45) is 13.3. The lowest BCUT2D eigenvalue weighted by atomic mass is 9.62. The maximum atomic E-state index is 4.79. The van der Waals surface area contributed by atoms with Crippen molar-refractivity contribution in [3.8, 4) is 0 Å². The topological polar surface area (TPSA) is 0 Å². The summed E-state index contributed by atoms with van der Waals surface area (Å²) in [7, 11) is 0. The Labute approximate surface area is 232 Å². The van der Waals surface area contributed by atoms with E-state index < -0.39 is 0 Å². The van der Waals surface area contributed by atoms with Crippen molar-refractivity contribution < 1.29 is 0 Å². The van der Waals surface area contributed by atoms with Crippen LogP contribution in [0.25, 0.3) is 5.57 Å². The van der Waals surface area contributed by atoms with Crippen LogP contribution in [0.2, 0.25) is 0 Å². The van der Waals surface area contributed by atoms with Gasteiger partial charge in [-0.05, 0) is 76.0 Å². The van der Waals surface area contributed by atoms with Crippen LogP contribution < -0.4 is 0 Å². The normalized spacial score (nSPS) is 27.4. The molecule has 0 N–H and O–H groups in total. The van der Waals surface area contributed by atoms with E-state index in [1.165, 1.54) is 57.4 Å². The van der Waals surface area contributed by atoms with Crippen molar-refractivity contribution in [1.29, 1.82) is 0 Å². The van der Waals surface area contributed by atoms with E-state index in [4.69, 9.17) is 6.58 Å². The highest BCUT2D eigenvalue weighted by molar-refractivity contribution is 5.83. The first-order chi connectivity index (χ1) is 18.3. The van der Waals surface area contributed by atoms with Crippen LogP contribution in [0, 0.1) is 17.8 Å². The van der Waals surface area contributed by atoms with Crippen LogP contribution in [0.5, 0.6) is 0 Å². The highest BCUT2D eigenvalue weighted by atomic mass is 14.5. The third-order valence-electron chi connectivity index (χ3n) is 9.38. The fourth-order valence-corrected chi connectivity index (χ4v) is 7.56. The van der Waals surface area contributed by atoms with Crippen molar-refractivity contribution >= 4 is 5.57 Å². The van der Waals surface area contributed by atoms with Crippen LogP contribution >= 0.6 is 0 Å². The number of benzene rings is 2. The molecular formula is C38H46. The van der Waals surface area contributed by atoms with E-state index >= 15 is 0 Å². The number of hydrogen-bond acceptors (Lipinski definition) is 0. The van der Waals surface area contributed by atoms with Crippen molar-refractivity contribution in [3.05, 3.63) is 124 Å². The molecule has 0 amide bonds. The summed E-state index contributed by atoms with van der Waals surface area (Å²) in [6, 6.07) is 18.5. The molecule has 2 aromatic carbocycles. The molecule has 198 valence electrons. The summed E-state index contributed by atoms with van der Waals surface area (Å²) >= 11 is 0. The average Bonchev–Trinajstić information content (AvgIpc) is 3.40. The average molecular weight is 503 g/mol. The molecule has 38 heavy (non-hydrogen) atoms. The monoisotopic (exact) mass is 502 g/mol. The van der Waals surface area contributed by atoms with E-state index in [9.17, 15) is 0 Å². The SMILES string of the molecule is C=C1C(=CC2=CC(CCC)c3ccccc32)CC2=CC(C)C(C(=C)CCC)C(c3ccc(C(C)C)cc3)C12. The molecule has 0 spiro atoms. The largest absolute Gasteiger partial charge is 0.0995 e. The van der Waals surface area contributed by atoms with Gasteiger partial charge in [0.15, 0.2) is 0 Å². The van der Waals surface area contributed by atoms with Crippen LogP contribution in [0.4, 0.5) is 0 Å². The van der Waals surface area contributed by atoms with Crippen LogP contribution in [0.3, 0.4) is 0 Å². The zero-order valence-electron chi connectivity index (χ0n) is 24.3. The molecule has 0 nitrogen and oxygen atoms in total. The van der Waals surface area contributed by atoms with Gasteiger partial charge in [0.25, 0.3) is 0 Å². The van der Waals surface area contributed by atoms with Gasteiger partial charge in [0.1, 0.15) is 0 Å². The lowest BCUT2D eigenvalue weighted by molar-refractivity contribution is 0.322. The Morgan fingerprint density at radius 3 is 2.42 bits per heavy atom. The lowest BCUT2D eigenvalue weighted by Gasteiger charge is -2.41. The molecule has 1 saturated carbocycles. The Morgan fingerprint density at radius 2 is 1.74 bits per heavy atom. The molecule has 0 heteroatoms. The highest BCUT2D eigenvalue weighted by Gasteiger charge is 2.45. The molecule has 0 aliphatic heterocycles. The molecule has 0 radical (unpaired) electrons. The van der Waals surface area contributed by atoms with Gasteiger partial charge in [-0.15, -0.1) is 0 Å². The van der Waals surface area contributed by atoms with Gasteiger partial charge in [0.05, 0.1) is 0 Å². The predicted octanol–water partition coefficient (Wildman–Crippen LogP) is 10.9. The molecule has 3 aliphatic rings. The zero-order valence-corrected chi connectivity index (χ0v) is 24.3. The molecule has 5 atom stereocenters. The minimum Gasteiger partial charge on any atom is -0.0995 e. The van der Waals surface area contributed by atoms with Crippen molar-refractivity contribution in [2.75, 3.05) is 0 Å². The van der Waals surface area contributed by atoms with Gasteiger partial charge in [-0.2, -0.15) is 0 Å². The zero-order chi connectivity index (χ0) is 27.0. The Hall–Kier alpha value is -2.86. The van der Waals surface area contributed by atoms with E-state index in [2.05, 4.69) is 108 Å². The summed E-state index contributed by atoms with van der Waals surface area (Å²) in [6.45, 7) is 21.0. The van der Waals surface area contributed by atoms with Gasteiger partial charge in [0, 0.05) is 17.8 Å².